The molecule has 0 saturated heterocycles. The highest BCUT2D eigenvalue weighted by Gasteiger charge is 2.23. The number of nitrogens with one attached hydrogen (secondary N) is 1. The Kier molecular flexibility index (Phi) is 42.5. The fraction of sp³-hybridized carbons (Fsp3) is 0.582. The molecule has 0 aromatic rings. The van der Waals surface area contributed by atoms with Crippen molar-refractivity contribution in [2.24, 2.45) is 0 Å². The van der Waals surface area contributed by atoms with E-state index < -0.39 is 26.6 Å². The van der Waals surface area contributed by atoms with E-state index in [2.05, 4.69) is 141 Å². The van der Waals surface area contributed by atoms with Gasteiger partial charge in [0.2, 0.25) is 5.91 Å². The van der Waals surface area contributed by atoms with Gasteiger partial charge < -0.3 is 28.8 Å². The largest absolute Gasteiger partial charge is 0.756 e. The molecule has 3 unspecified atom stereocenters. The molecular weight excluding hydrogens is 816 g/mol. The lowest BCUT2D eigenvalue weighted by Gasteiger charge is -2.29. The third kappa shape index (κ3) is 46.6. The average Bonchev–Trinajstić information content (AvgIpc) is 3.25. The normalized spacial score (nSPS) is 15.3. The predicted octanol–water partition coefficient (Wildman–Crippen LogP) is 13.8. The highest BCUT2D eigenvalue weighted by molar-refractivity contribution is 7.45. The van der Waals surface area contributed by atoms with Crippen LogP contribution in [0.3, 0.4) is 0 Å². The fourth-order valence-electron chi connectivity index (χ4n) is 6.00. The van der Waals surface area contributed by atoms with Crippen LogP contribution < -0.4 is 10.2 Å². The molecule has 0 radical (unpaired) electrons. The third-order valence-electron chi connectivity index (χ3n) is 9.87. The summed E-state index contributed by atoms with van der Waals surface area (Å²) >= 11 is 0. The average molecular weight is 907 g/mol. The van der Waals surface area contributed by atoms with Gasteiger partial charge in [-0.05, 0) is 96.3 Å². The van der Waals surface area contributed by atoms with Gasteiger partial charge in [0.15, 0.2) is 0 Å². The van der Waals surface area contributed by atoms with E-state index >= 15 is 0 Å². The van der Waals surface area contributed by atoms with E-state index in [9.17, 15) is 19.4 Å². The number of hydrogen-bond donors (Lipinski definition) is 2. The van der Waals surface area contributed by atoms with Crippen LogP contribution in [0.1, 0.15) is 155 Å². The standard InChI is InChI=1S/C55H91N2O6P/c1-6-8-10-12-14-15-16-17-18-19-20-21-22-23-24-25-26-27-28-29-30-31-32-33-34-35-36-37-38-39-40-41-43-45-47-49-55(59)56-53(54(58)48-46-44-42-13-11-9-7-2)52-63-64(60,61)62-51-50-57(3,4)5/h8,10,14-15,17-18,20-21,23-24,26-27,29-30,32-33,35-36,38-39,46,48,53-54,58H,6-7,9,11-13,16,19,22,25,28,31,34,37,40-45,47,49-52H2,1-5H3,(H-,56,59,60,61)/b10-8-,15-14-,18-17-,21-20-,24-23-,27-26-,30-29-,33-32-,36-35-,39-38-,48-46+. The Hall–Kier alpha value is -3.36. The molecule has 0 aromatic heterocycles. The molecule has 3 atom stereocenters. The summed E-state index contributed by atoms with van der Waals surface area (Å²) in [6.07, 6.45) is 68.3. The van der Waals surface area contributed by atoms with Crippen LogP contribution in [-0.4, -0.2) is 68.5 Å². The van der Waals surface area contributed by atoms with Gasteiger partial charge in [0.25, 0.3) is 7.82 Å². The van der Waals surface area contributed by atoms with Crippen LogP contribution in [-0.2, 0) is 18.4 Å². The quantitative estimate of drug-likeness (QED) is 0.0273. The highest BCUT2D eigenvalue weighted by atomic mass is 31.2. The molecular formula is C55H91N2O6P. The zero-order valence-electron chi connectivity index (χ0n) is 40.9. The van der Waals surface area contributed by atoms with Gasteiger partial charge in [0, 0.05) is 6.42 Å². The number of rotatable bonds is 42. The van der Waals surface area contributed by atoms with Crippen LogP contribution in [0.15, 0.2) is 134 Å². The van der Waals surface area contributed by atoms with Crippen molar-refractivity contribution in [1.29, 1.82) is 0 Å². The van der Waals surface area contributed by atoms with Crippen molar-refractivity contribution in [2.75, 3.05) is 40.9 Å². The molecule has 0 aliphatic carbocycles. The number of likely N-dealkylation sites (N-methyl/N-ethyl adjacent to an activating group) is 1. The SMILES string of the molecule is CC/C=C\C/C=C\C/C=C\C/C=C\C/C=C\C/C=C\C/C=C\C/C=C\C/C=C\C/C=C\CCCCCCC(=O)NC(COP(=O)([O-])OCC[N+](C)(C)C)C(O)/C=C/CCCCCCC. The van der Waals surface area contributed by atoms with Crippen molar-refractivity contribution >= 4 is 13.7 Å². The molecule has 0 bridgehead atoms. The number of phosphoric ester groups is 1. The number of phosphoric acid groups is 1. The molecule has 1 amide bonds. The van der Waals surface area contributed by atoms with E-state index in [1.165, 1.54) is 19.3 Å². The van der Waals surface area contributed by atoms with Gasteiger partial charge in [-0.1, -0.05) is 186 Å². The monoisotopic (exact) mass is 907 g/mol. The third-order valence-corrected chi connectivity index (χ3v) is 10.8. The lowest BCUT2D eigenvalue weighted by Crippen LogP contribution is -2.45. The van der Waals surface area contributed by atoms with E-state index in [0.717, 1.165) is 116 Å². The molecule has 0 saturated carbocycles. The fourth-order valence-corrected chi connectivity index (χ4v) is 6.72. The Morgan fingerprint density at radius 1 is 0.562 bits per heavy atom. The maximum absolute atomic E-state index is 12.8. The van der Waals surface area contributed by atoms with E-state index in [0.29, 0.717) is 17.4 Å². The minimum atomic E-state index is -4.60. The molecule has 0 heterocycles. The van der Waals surface area contributed by atoms with Crippen molar-refractivity contribution in [3.05, 3.63) is 134 Å². The van der Waals surface area contributed by atoms with Crippen LogP contribution in [0.25, 0.3) is 0 Å². The number of allylic oxidation sites excluding steroid dienone is 21. The minimum absolute atomic E-state index is 0.0146. The lowest BCUT2D eigenvalue weighted by molar-refractivity contribution is -0.870. The van der Waals surface area contributed by atoms with Gasteiger partial charge in [-0.15, -0.1) is 0 Å². The Bertz CT molecular complexity index is 1490. The van der Waals surface area contributed by atoms with Crippen LogP contribution in [0, 0.1) is 0 Å². The van der Waals surface area contributed by atoms with Gasteiger partial charge in [-0.25, -0.2) is 0 Å². The first-order valence-electron chi connectivity index (χ1n) is 24.5. The number of hydrogen-bond acceptors (Lipinski definition) is 6. The van der Waals surface area contributed by atoms with Crippen LogP contribution in [0.2, 0.25) is 0 Å². The topological polar surface area (TPSA) is 108 Å². The van der Waals surface area contributed by atoms with Crippen molar-refractivity contribution in [3.63, 3.8) is 0 Å². The van der Waals surface area contributed by atoms with E-state index in [1.807, 2.05) is 27.2 Å². The van der Waals surface area contributed by atoms with Crippen molar-refractivity contribution in [2.45, 2.75) is 167 Å². The maximum Gasteiger partial charge on any atom is 0.268 e. The molecule has 0 aromatic carbocycles. The van der Waals surface area contributed by atoms with Crippen molar-refractivity contribution < 1.29 is 32.9 Å². The first-order valence-corrected chi connectivity index (χ1v) is 26.0. The number of unbranched alkanes of at least 4 members (excludes halogenated alkanes) is 9. The summed E-state index contributed by atoms with van der Waals surface area (Å²) in [4.78, 5) is 25.2. The van der Waals surface area contributed by atoms with Crippen LogP contribution in [0.4, 0.5) is 0 Å². The van der Waals surface area contributed by atoms with E-state index in [-0.39, 0.29) is 12.5 Å². The molecule has 8 nitrogen and oxygen atoms in total. The Morgan fingerprint density at radius 2 is 0.953 bits per heavy atom. The predicted molar refractivity (Wildman–Crippen MR) is 274 cm³/mol. The Labute approximate surface area is 392 Å². The van der Waals surface area contributed by atoms with Gasteiger partial charge in [-0.3, -0.25) is 9.36 Å². The minimum Gasteiger partial charge on any atom is -0.756 e. The summed E-state index contributed by atoms with van der Waals surface area (Å²) in [6.45, 7) is 4.41. The molecule has 0 aliphatic rings. The van der Waals surface area contributed by atoms with Crippen molar-refractivity contribution in [3.8, 4) is 0 Å². The molecule has 0 spiro atoms. The molecule has 0 aliphatic heterocycles. The lowest BCUT2D eigenvalue weighted by atomic mass is 10.1. The molecule has 362 valence electrons. The number of quaternary nitrogens is 1. The number of aliphatic hydroxyl groups is 1. The van der Waals surface area contributed by atoms with Gasteiger partial charge in [0.1, 0.15) is 13.2 Å². The number of aliphatic hydroxyl groups excluding tert-OH is 1. The maximum atomic E-state index is 12.8. The molecule has 2 N–H and O–H groups in total. The first-order chi connectivity index (χ1) is 31.0. The number of nitrogens with zero attached hydrogens (tertiary/aromatic N) is 1. The summed E-state index contributed by atoms with van der Waals surface area (Å²) < 4.78 is 23.1. The molecule has 9 heteroatoms. The number of carbonyl (C=O) groups is 1. The number of amides is 1. The number of carbonyl (C=O) groups excluding carboxylic acids is 1. The highest BCUT2D eigenvalue weighted by Crippen LogP contribution is 2.38. The second kappa shape index (κ2) is 44.8. The first kappa shape index (κ1) is 60.6. The summed E-state index contributed by atoms with van der Waals surface area (Å²) in [5.74, 6) is -0.234. The van der Waals surface area contributed by atoms with Gasteiger partial charge in [0.05, 0.1) is 39.9 Å². The smallest absolute Gasteiger partial charge is 0.268 e. The summed E-state index contributed by atoms with van der Waals surface area (Å²) in [6, 6.07) is -0.907. The zero-order valence-corrected chi connectivity index (χ0v) is 41.8. The molecule has 0 rings (SSSR count). The molecule has 64 heavy (non-hydrogen) atoms. The van der Waals surface area contributed by atoms with Crippen LogP contribution >= 0.6 is 7.82 Å². The summed E-state index contributed by atoms with van der Waals surface area (Å²) in [5.41, 5.74) is 0. The van der Waals surface area contributed by atoms with Gasteiger partial charge in [-0.2, -0.15) is 0 Å². The van der Waals surface area contributed by atoms with E-state index in [4.69, 9.17) is 9.05 Å². The van der Waals surface area contributed by atoms with Crippen molar-refractivity contribution in [1.82, 2.24) is 5.32 Å². The second-order valence-electron chi connectivity index (χ2n) is 17.1. The van der Waals surface area contributed by atoms with Gasteiger partial charge >= 0.3 is 0 Å². The second-order valence-corrected chi connectivity index (χ2v) is 18.5. The Balaban J connectivity index is 4.17. The zero-order chi connectivity index (χ0) is 47.1. The summed E-state index contributed by atoms with van der Waals surface area (Å²) in [5, 5.41) is 13.6. The summed E-state index contributed by atoms with van der Waals surface area (Å²) in [7, 11) is 1.21. The Morgan fingerprint density at radius 3 is 1.38 bits per heavy atom. The van der Waals surface area contributed by atoms with E-state index in [1.54, 1.807) is 6.08 Å². The molecule has 0 fully saturated rings. The van der Waals surface area contributed by atoms with Crippen LogP contribution in [0.5, 0.6) is 0 Å².